The van der Waals surface area contributed by atoms with Crippen LogP contribution in [0.4, 0.5) is 13.9 Å². The smallest absolute Gasteiger partial charge is 0.338 e. The molecule has 1 fully saturated rings. The van der Waals surface area contributed by atoms with E-state index in [1.54, 1.807) is 0 Å². The molecule has 208 valence electrons. The van der Waals surface area contributed by atoms with E-state index in [1.165, 1.54) is 38.7 Å². The van der Waals surface area contributed by atoms with E-state index in [0.29, 0.717) is 10.9 Å². The van der Waals surface area contributed by atoms with Gasteiger partial charge in [-0.3, -0.25) is 24.5 Å². The van der Waals surface area contributed by atoms with E-state index in [0.717, 1.165) is 47.1 Å². The second-order valence-corrected chi connectivity index (χ2v) is 9.70. The second-order valence-electron chi connectivity index (χ2n) is 8.72. The number of nitrogens with zero attached hydrogens (tertiary/aromatic N) is 5. The summed E-state index contributed by atoms with van der Waals surface area (Å²) in [5.74, 6) is 5.14. The van der Waals surface area contributed by atoms with Crippen molar-refractivity contribution in [2.75, 3.05) is 19.5 Å². The SMILES string of the molecule is COC(=O)c1ccn(-c2cc(-c3cc(C(F)F)ncc3OC)c(C(=O)Nc3nnc(C#CC4CC4)s3)cn2)c(=O)c1. The number of rotatable bonds is 7. The highest BCUT2D eigenvalue weighted by Crippen LogP contribution is 2.35. The fourth-order valence-electron chi connectivity index (χ4n) is 3.72. The summed E-state index contributed by atoms with van der Waals surface area (Å²) in [6, 6.07) is 4.89. The van der Waals surface area contributed by atoms with E-state index in [2.05, 4.69) is 42.1 Å². The first kappa shape index (κ1) is 27.5. The van der Waals surface area contributed by atoms with Gasteiger partial charge in [0.25, 0.3) is 17.9 Å². The molecule has 5 rings (SSSR count). The lowest BCUT2D eigenvalue weighted by Gasteiger charge is -2.15. The lowest BCUT2D eigenvalue weighted by Crippen LogP contribution is -2.21. The molecule has 4 aromatic rings. The molecule has 0 atom stereocenters. The normalized spacial score (nSPS) is 12.4. The summed E-state index contributed by atoms with van der Waals surface area (Å²) < 4.78 is 38.3. The van der Waals surface area contributed by atoms with Crippen LogP contribution in [0.5, 0.6) is 5.75 Å². The van der Waals surface area contributed by atoms with Crippen molar-refractivity contribution in [2.45, 2.75) is 19.3 Å². The molecule has 4 heterocycles. The van der Waals surface area contributed by atoms with Gasteiger partial charge < -0.3 is 9.47 Å². The zero-order chi connectivity index (χ0) is 29.1. The predicted molar refractivity (Wildman–Crippen MR) is 143 cm³/mol. The minimum absolute atomic E-state index is 0.0283. The number of hydrogen-bond donors (Lipinski definition) is 1. The first-order valence-corrected chi connectivity index (χ1v) is 12.9. The van der Waals surface area contributed by atoms with E-state index in [-0.39, 0.29) is 39.0 Å². The van der Waals surface area contributed by atoms with Gasteiger partial charge in [-0.05, 0) is 37.0 Å². The Hall–Kier alpha value is -5.03. The number of alkyl halides is 2. The van der Waals surface area contributed by atoms with Gasteiger partial charge in [0.15, 0.2) is 5.01 Å². The predicted octanol–water partition coefficient (Wildman–Crippen LogP) is 3.89. The summed E-state index contributed by atoms with van der Waals surface area (Å²) in [6.45, 7) is 0. The molecule has 1 aliphatic rings. The van der Waals surface area contributed by atoms with Crippen molar-refractivity contribution >= 4 is 28.3 Å². The maximum atomic E-state index is 13.6. The van der Waals surface area contributed by atoms with Crippen LogP contribution in [0, 0.1) is 17.8 Å². The average Bonchev–Trinajstić information content (AvgIpc) is 3.71. The molecule has 14 heteroatoms. The number of amides is 1. The molecule has 0 aliphatic heterocycles. The third kappa shape index (κ3) is 6.10. The maximum absolute atomic E-state index is 13.6. The largest absolute Gasteiger partial charge is 0.494 e. The van der Waals surface area contributed by atoms with Gasteiger partial charge in [0.2, 0.25) is 5.13 Å². The first-order chi connectivity index (χ1) is 19.8. The Kier molecular flexibility index (Phi) is 7.79. The number of carbonyl (C=O) groups is 2. The summed E-state index contributed by atoms with van der Waals surface area (Å²) in [7, 11) is 2.51. The molecule has 0 spiro atoms. The number of pyridine rings is 3. The second kappa shape index (κ2) is 11.6. The van der Waals surface area contributed by atoms with Crippen molar-refractivity contribution in [3.05, 3.63) is 75.0 Å². The molecule has 1 saturated carbocycles. The van der Waals surface area contributed by atoms with Gasteiger partial charge in [-0.1, -0.05) is 17.3 Å². The van der Waals surface area contributed by atoms with Gasteiger partial charge in [-0.15, -0.1) is 10.2 Å². The van der Waals surface area contributed by atoms with Gasteiger partial charge in [0, 0.05) is 35.5 Å². The number of methoxy groups -OCH3 is 2. The molecule has 0 saturated heterocycles. The highest BCUT2D eigenvalue weighted by Gasteiger charge is 2.23. The Morgan fingerprint density at radius 3 is 2.61 bits per heavy atom. The number of anilines is 1. The fourth-order valence-corrected chi connectivity index (χ4v) is 4.32. The van der Waals surface area contributed by atoms with Crippen molar-refractivity contribution in [2.24, 2.45) is 5.92 Å². The highest BCUT2D eigenvalue weighted by atomic mass is 32.1. The molecule has 1 aliphatic carbocycles. The number of aromatic nitrogens is 5. The lowest BCUT2D eigenvalue weighted by molar-refractivity contribution is 0.0600. The minimum atomic E-state index is -2.90. The number of ether oxygens (including phenoxy) is 2. The van der Waals surface area contributed by atoms with E-state index in [4.69, 9.17) is 4.74 Å². The Balaban J connectivity index is 1.58. The average molecular weight is 579 g/mol. The van der Waals surface area contributed by atoms with Crippen LogP contribution in [0.25, 0.3) is 16.9 Å². The molecule has 0 unspecified atom stereocenters. The Morgan fingerprint density at radius 1 is 1.12 bits per heavy atom. The summed E-state index contributed by atoms with van der Waals surface area (Å²) in [6.07, 6.45) is 2.81. The zero-order valence-electron chi connectivity index (χ0n) is 21.6. The number of halogens is 2. The van der Waals surface area contributed by atoms with Crippen molar-refractivity contribution in [3.8, 4) is 34.5 Å². The molecular weight excluding hydrogens is 558 g/mol. The van der Waals surface area contributed by atoms with Crippen LogP contribution < -0.4 is 15.6 Å². The van der Waals surface area contributed by atoms with Crippen LogP contribution in [0.1, 0.15) is 50.7 Å². The summed E-state index contributed by atoms with van der Waals surface area (Å²) in [5, 5.41) is 11.2. The van der Waals surface area contributed by atoms with Crippen molar-refractivity contribution in [1.29, 1.82) is 0 Å². The summed E-state index contributed by atoms with van der Waals surface area (Å²) in [5.41, 5.74) is -0.936. The monoisotopic (exact) mass is 578 g/mol. The molecule has 4 aromatic heterocycles. The van der Waals surface area contributed by atoms with E-state index in [9.17, 15) is 23.2 Å². The molecule has 0 aromatic carbocycles. The van der Waals surface area contributed by atoms with Crippen LogP contribution >= 0.6 is 11.3 Å². The molecule has 0 radical (unpaired) electrons. The van der Waals surface area contributed by atoms with Crippen LogP contribution in [0.15, 0.2) is 47.7 Å². The van der Waals surface area contributed by atoms with Crippen molar-refractivity contribution in [1.82, 2.24) is 24.7 Å². The van der Waals surface area contributed by atoms with Gasteiger partial charge in [-0.2, -0.15) is 0 Å². The van der Waals surface area contributed by atoms with Gasteiger partial charge in [-0.25, -0.2) is 18.6 Å². The fraction of sp³-hybridized carbons (Fsp3) is 0.222. The van der Waals surface area contributed by atoms with Gasteiger partial charge >= 0.3 is 5.97 Å². The third-order valence-electron chi connectivity index (χ3n) is 5.95. The van der Waals surface area contributed by atoms with Crippen LogP contribution in [0.2, 0.25) is 0 Å². The van der Waals surface area contributed by atoms with E-state index in [1.807, 2.05) is 0 Å². The van der Waals surface area contributed by atoms with E-state index < -0.39 is 29.6 Å². The minimum Gasteiger partial charge on any atom is -0.494 e. The summed E-state index contributed by atoms with van der Waals surface area (Å²) in [4.78, 5) is 46.0. The Labute approximate surface area is 235 Å². The van der Waals surface area contributed by atoms with Gasteiger partial charge in [0.1, 0.15) is 17.3 Å². The number of hydrogen-bond acceptors (Lipinski definition) is 10. The number of nitrogens with one attached hydrogen (secondary N) is 1. The first-order valence-electron chi connectivity index (χ1n) is 12.1. The molecule has 41 heavy (non-hydrogen) atoms. The Bertz CT molecular complexity index is 1770. The number of esters is 1. The van der Waals surface area contributed by atoms with E-state index >= 15 is 0 Å². The summed E-state index contributed by atoms with van der Waals surface area (Å²) >= 11 is 1.08. The van der Waals surface area contributed by atoms with Gasteiger partial charge in [0.05, 0.1) is 31.5 Å². The standard InChI is InChI=1S/C27H20F2N6O5S/c1-39-20-13-30-19(24(28)29)10-17(20)16-11-21(35-8-7-15(9-23(35)36)26(38)40-2)31-12-18(16)25(37)32-27-34-33-22(41-27)6-5-14-3-4-14/h7-14,24H,3-4H2,1-2H3,(H,32,34,37). The number of carbonyl (C=O) groups excluding carboxylic acids is 2. The van der Waals surface area contributed by atoms with Crippen LogP contribution in [-0.4, -0.2) is 50.8 Å². The van der Waals surface area contributed by atoms with Crippen molar-refractivity contribution in [3.63, 3.8) is 0 Å². The molecule has 1 amide bonds. The molecular formula is C27H20F2N6O5S. The zero-order valence-corrected chi connectivity index (χ0v) is 22.4. The Morgan fingerprint density at radius 2 is 1.93 bits per heavy atom. The topological polar surface area (TPSA) is 138 Å². The quantitative estimate of drug-likeness (QED) is 0.256. The molecule has 0 bridgehead atoms. The van der Waals surface area contributed by atoms with Crippen LogP contribution in [-0.2, 0) is 4.74 Å². The van der Waals surface area contributed by atoms with Crippen LogP contribution in [0.3, 0.4) is 0 Å². The third-order valence-corrected chi connectivity index (χ3v) is 6.70. The lowest BCUT2D eigenvalue weighted by atomic mass is 10.00. The maximum Gasteiger partial charge on any atom is 0.338 e. The van der Waals surface area contributed by atoms with Crippen molar-refractivity contribution < 1.29 is 27.8 Å². The highest BCUT2D eigenvalue weighted by molar-refractivity contribution is 7.15. The molecule has 11 nitrogen and oxygen atoms in total. The molecule has 1 N–H and O–H groups in total.